The molecule has 1 rings (SSSR count). The summed E-state index contributed by atoms with van der Waals surface area (Å²) in [7, 11) is 4.53. The van der Waals surface area contributed by atoms with Crippen LogP contribution < -0.4 is 9.84 Å². The molecule has 0 aliphatic carbocycles. The molecule has 7 heteroatoms. The first-order chi connectivity index (χ1) is 15.2. The number of carbonyl (C=O) groups is 1. The normalized spacial score (nSPS) is 11.1. The molecule has 32 heavy (non-hydrogen) atoms. The number of hydrogen-bond acceptors (Lipinski definition) is 5. The second-order valence-electron chi connectivity index (χ2n) is 8.76. The molecule has 0 fully saturated rings. The van der Waals surface area contributed by atoms with E-state index in [4.69, 9.17) is 26.2 Å². The van der Waals surface area contributed by atoms with Gasteiger partial charge in [0.25, 0.3) is 0 Å². The SMILES string of the molecule is CCCCCCCCCC[N+](C)(C)CCOCCO.Cc1cc(Cl)ccc1OCC(=O)[O-]. The number of carboxylic acids is 1. The molecule has 1 aromatic carbocycles. The summed E-state index contributed by atoms with van der Waals surface area (Å²) in [5.41, 5.74) is 0.800. The highest BCUT2D eigenvalue weighted by Crippen LogP contribution is 2.21. The van der Waals surface area contributed by atoms with Gasteiger partial charge in [-0.15, -0.1) is 0 Å². The van der Waals surface area contributed by atoms with Crippen molar-refractivity contribution in [2.45, 2.75) is 65.2 Å². The van der Waals surface area contributed by atoms with Crippen LogP contribution in [0.3, 0.4) is 0 Å². The third kappa shape index (κ3) is 18.3. The van der Waals surface area contributed by atoms with E-state index in [0.717, 1.165) is 23.2 Å². The van der Waals surface area contributed by atoms with Gasteiger partial charge in [-0.1, -0.05) is 57.0 Å². The van der Waals surface area contributed by atoms with Crippen LogP contribution >= 0.6 is 11.6 Å². The van der Waals surface area contributed by atoms with Gasteiger partial charge in [0.15, 0.2) is 0 Å². The lowest BCUT2D eigenvalue weighted by Crippen LogP contribution is -2.43. The number of likely N-dealkylation sites (N-methyl/N-ethyl adjacent to an activating group) is 1. The van der Waals surface area contributed by atoms with E-state index in [2.05, 4.69) is 21.0 Å². The Bertz CT molecular complexity index is 610. The number of aliphatic hydroxyl groups excluding tert-OH is 1. The van der Waals surface area contributed by atoms with Gasteiger partial charge in [0.2, 0.25) is 0 Å². The van der Waals surface area contributed by atoms with Crippen molar-refractivity contribution < 1.29 is 29.0 Å². The first kappa shape index (κ1) is 30.7. The van der Waals surface area contributed by atoms with Crippen LogP contribution in [0.25, 0.3) is 0 Å². The number of benzene rings is 1. The Kier molecular flexibility index (Phi) is 18.4. The van der Waals surface area contributed by atoms with E-state index in [-0.39, 0.29) is 6.61 Å². The quantitative estimate of drug-likeness (QED) is 0.273. The largest absolute Gasteiger partial charge is 0.546 e. The van der Waals surface area contributed by atoms with E-state index < -0.39 is 12.6 Å². The minimum atomic E-state index is -1.24. The molecule has 0 aliphatic heterocycles. The molecule has 0 heterocycles. The maximum Gasteiger partial charge on any atom is 0.128 e. The van der Waals surface area contributed by atoms with Crippen LogP contribution in [0, 0.1) is 6.92 Å². The Hall–Kier alpha value is -1.34. The number of aryl methyl sites for hydroxylation is 1. The van der Waals surface area contributed by atoms with Crippen molar-refractivity contribution in [1.82, 2.24) is 0 Å². The molecule has 0 bridgehead atoms. The standard InChI is InChI=1S/C16H36NO2.C9H9ClO3/c1-4-5-6-7-8-9-10-11-12-17(2,3)13-15-19-16-14-18;1-6-4-7(10)2-3-8(6)13-5-9(11)12/h18H,4-16H2,1-3H3;2-4H,5H2,1H3,(H,11,12)/q+1;/p-1. The van der Waals surface area contributed by atoms with Crippen LogP contribution in [-0.4, -0.2) is 69.2 Å². The number of carboxylic acid groups (broad SMARTS) is 1. The number of ether oxygens (including phenoxy) is 2. The van der Waals surface area contributed by atoms with Crippen LogP contribution in [-0.2, 0) is 9.53 Å². The van der Waals surface area contributed by atoms with Gasteiger partial charge in [0.1, 0.15) is 18.9 Å². The predicted octanol–water partition coefficient (Wildman–Crippen LogP) is 3.99. The highest BCUT2D eigenvalue weighted by molar-refractivity contribution is 6.30. The number of unbranched alkanes of at least 4 members (excludes halogenated alkanes) is 7. The summed E-state index contributed by atoms with van der Waals surface area (Å²) in [6, 6.07) is 4.96. The molecule has 0 atom stereocenters. The van der Waals surface area contributed by atoms with Crippen molar-refractivity contribution in [2.75, 3.05) is 53.6 Å². The Labute approximate surface area is 200 Å². The number of rotatable bonds is 17. The van der Waals surface area contributed by atoms with E-state index in [1.165, 1.54) is 57.9 Å². The van der Waals surface area contributed by atoms with E-state index in [9.17, 15) is 9.90 Å². The molecule has 0 saturated carbocycles. The summed E-state index contributed by atoms with van der Waals surface area (Å²) >= 11 is 5.70. The van der Waals surface area contributed by atoms with Crippen LogP contribution in [0.5, 0.6) is 5.75 Å². The number of aliphatic hydroxyl groups is 1. The maximum atomic E-state index is 10.1. The fourth-order valence-corrected chi connectivity index (χ4v) is 3.40. The Morgan fingerprint density at radius 3 is 2.22 bits per heavy atom. The van der Waals surface area contributed by atoms with Gasteiger partial charge in [-0.2, -0.15) is 0 Å². The zero-order chi connectivity index (χ0) is 24.2. The fourth-order valence-electron chi connectivity index (χ4n) is 3.18. The topological polar surface area (TPSA) is 78.8 Å². The molecule has 0 saturated heterocycles. The molecule has 0 aromatic heterocycles. The van der Waals surface area contributed by atoms with Crippen molar-refractivity contribution in [3.05, 3.63) is 28.8 Å². The van der Waals surface area contributed by atoms with E-state index in [1.54, 1.807) is 25.1 Å². The van der Waals surface area contributed by atoms with Crippen LogP contribution in [0.2, 0.25) is 5.02 Å². The van der Waals surface area contributed by atoms with Gasteiger partial charge in [0.05, 0.1) is 46.4 Å². The van der Waals surface area contributed by atoms with Crippen molar-refractivity contribution >= 4 is 17.6 Å². The van der Waals surface area contributed by atoms with Gasteiger partial charge >= 0.3 is 0 Å². The summed E-state index contributed by atoms with van der Waals surface area (Å²) in [6.07, 6.45) is 11.1. The zero-order valence-corrected chi connectivity index (χ0v) is 21.3. The number of aliphatic carboxylic acids is 1. The number of nitrogens with zero attached hydrogens (tertiary/aromatic N) is 1. The van der Waals surface area contributed by atoms with Crippen molar-refractivity contribution in [2.24, 2.45) is 0 Å². The summed E-state index contributed by atoms with van der Waals surface area (Å²) in [6.45, 7) is 7.24. The van der Waals surface area contributed by atoms with Gasteiger partial charge in [-0.3, -0.25) is 0 Å². The monoisotopic (exact) mass is 473 g/mol. The molecule has 6 nitrogen and oxygen atoms in total. The Morgan fingerprint density at radius 1 is 1.03 bits per heavy atom. The molecule has 1 N–H and O–H groups in total. The lowest BCUT2D eigenvalue weighted by atomic mass is 10.1. The number of carbonyl (C=O) groups excluding carboxylic acids is 1. The van der Waals surface area contributed by atoms with Crippen LogP contribution in [0.1, 0.15) is 63.9 Å². The molecule has 0 aliphatic rings. The number of quaternary nitrogens is 1. The molecular formula is C25H44ClNO5. The smallest absolute Gasteiger partial charge is 0.128 e. The first-order valence-electron chi connectivity index (χ1n) is 11.8. The second-order valence-corrected chi connectivity index (χ2v) is 9.20. The highest BCUT2D eigenvalue weighted by atomic mass is 35.5. The minimum absolute atomic E-state index is 0.130. The lowest BCUT2D eigenvalue weighted by molar-refractivity contribution is -0.891. The zero-order valence-electron chi connectivity index (χ0n) is 20.5. The van der Waals surface area contributed by atoms with E-state index in [1.807, 2.05) is 0 Å². The first-order valence-corrected chi connectivity index (χ1v) is 12.2. The second kappa shape index (κ2) is 19.2. The lowest BCUT2D eigenvalue weighted by Gasteiger charge is -2.29. The number of halogens is 1. The predicted molar refractivity (Wildman–Crippen MR) is 129 cm³/mol. The molecule has 0 amide bonds. The van der Waals surface area contributed by atoms with Crippen LogP contribution in [0.15, 0.2) is 18.2 Å². The average molecular weight is 474 g/mol. The van der Waals surface area contributed by atoms with Crippen molar-refractivity contribution in [3.8, 4) is 5.75 Å². The maximum absolute atomic E-state index is 10.1. The molecule has 0 unspecified atom stereocenters. The van der Waals surface area contributed by atoms with Crippen molar-refractivity contribution in [1.29, 1.82) is 0 Å². The van der Waals surface area contributed by atoms with Gasteiger partial charge in [0, 0.05) is 5.02 Å². The minimum Gasteiger partial charge on any atom is -0.546 e. The molecule has 1 aromatic rings. The molecule has 0 spiro atoms. The van der Waals surface area contributed by atoms with Crippen LogP contribution in [0.4, 0.5) is 0 Å². The summed E-state index contributed by atoms with van der Waals surface area (Å²) < 4.78 is 11.3. The molecular weight excluding hydrogens is 430 g/mol. The third-order valence-corrected chi connectivity index (χ3v) is 5.41. The van der Waals surface area contributed by atoms with Crippen molar-refractivity contribution in [3.63, 3.8) is 0 Å². The average Bonchev–Trinajstić information content (AvgIpc) is 2.73. The number of hydrogen-bond donors (Lipinski definition) is 1. The van der Waals surface area contributed by atoms with Gasteiger partial charge < -0.3 is 29.0 Å². The van der Waals surface area contributed by atoms with E-state index in [0.29, 0.717) is 17.4 Å². The molecule has 186 valence electrons. The molecule has 0 radical (unpaired) electrons. The summed E-state index contributed by atoms with van der Waals surface area (Å²) in [5.74, 6) is -0.733. The summed E-state index contributed by atoms with van der Waals surface area (Å²) in [4.78, 5) is 10.1. The van der Waals surface area contributed by atoms with Gasteiger partial charge in [-0.05, 0) is 43.5 Å². The Balaban J connectivity index is 0.000000641. The summed E-state index contributed by atoms with van der Waals surface area (Å²) in [5, 5.41) is 19.3. The third-order valence-electron chi connectivity index (χ3n) is 5.18. The Morgan fingerprint density at radius 2 is 1.66 bits per heavy atom. The fraction of sp³-hybridized carbons (Fsp3) is 0.720. The highest BCUT2D eigenvalue weighted by Gasteiger charge is 2.13. The van der Waals surface area contributed by atoms with E-state index >= 15 is 0 Å². The van der Waals surface area contributed by atoms with Gasteiger partial charge in [-0.25, -0.2) is 0 Å².